The number of hydrogen-bond acceptors (Lipinski definition) is 8. The van der Waals surface area contributed by atoms with Crippen molar-refractivity contribution in [1.82, 2.24) is 9.97 Å². The molecule has 0 radical (unpaired) electrons. The molecule has 0 bridgehead atoms. The summed E-state index contributed by atoms with van der Waals surface area (Å²) in [6.45, 7) is 0.799. The summed E-state index contributed by atoms with van der Waals surface area (Å²) in [5, 5.41) is 6.90. The second kappa shape index (κ2) is 6.17. The van der Waals surface area contributed by atoms with Gasteiger partial charge < -0.3 is 25.4 Å². The van der Waals surface area contributed by atoms with Crippen molar-refractivity contribution in [3.63, 3.8) is 0 Å². The van der Waals surface area contributed by atoms with Crippen LogP contribution in [0.3, 0.4) is 0 Å². The molecule has 3 rings (SSSR count). The molecular formula is C14H15N5O3. The van der Waals surface area contributed by atoms with E-state index in [1.807, 2.05) is 18.2 Å². The van der Waals surface area contributed by atoms with E-state index in [0.717, 1.165) is 17.1 Å². The highest BCUT2D eigenvalue weighted by molar-refractivity contribution is 5.91. The Labute approximate surface area is 126 Å². The number of fused-ring (bicyclic) bond motifs is 1. The number of aromatic nitrogens is 2. The number of benzene rings is 1. The van der Waals surface area contributed by atoms with E-state index in [2.05, 4.69) is 25.3 Å². The van der Waals surface area contributed by atoms with Gasteiger partial charge in [-0.25, -0.2) is 9.97 Å². The summed E-state index contributed by atoms with van der Waals surface area (Å²) in [7, 11) is 1.45. The quantitative estimate of drug-likeness (QED) is 0.635. The molecule has 1 aromatic heterocycles. The van der Waals surface area contributed by atoms with Crippen LogP contribution < -0.4 is 20.5 Å². The molecule has 22 heavy (non-hydrogen) atoms. The Balaban J connectivity index is 1.76. The molecule has 114 valence electrons. The standard InChI is InChI=1S/C14H15N5O3/c1-20-19-6-10-13(15)17-7-18-14(10)16-5-9-2-3-11-12(4-9)22-8-21-11/h2-4,6-7H,5,8H2,1H3,(H3,15,16,17,18)/b19-6+. The highest BCUT2D eigenvalue weighted by Crippen LogP contribution is 2.32. The number of nitrogens with two attached hydrogens (primary N) is 1. The molecule has 3 N–H and O–H groups in total. The van der Waals surface area contributed by atoms with E-state index in [4.69, 9.17) is 15.2 Å². The van der Waals surface area contributed by atoms with Crippen LogP contribution in [0.5, 0.6) is 11.5 Å². The predicted molar refractivity (Wildman–Crippen MR) is 80.9 cm³/mol. The highest BCUT2D eigenvalue weighted by Gasteiger charge is 2.13. The lowest BCUT2D eigenvalue weighted by atomic mass is 10.2. The fourth-order valence-corrected chi connectivity index (χ4v) is 2.02. The van der Waals surface area contributed by atoms with Gasteiger partial charge in [0.1, 0.15) is 25.1 Å². The van der Waals surface area contributed by atoms with Crippen LogP contribution in [0.25, 0.3) is 0 Å². The average molecular weight is 301 g/mol. The Morgan fingerprint density at radius 3 is 3.09 bits per heavy atom. The minimum Gasteiger partial charge on any atom is -0.454 e. The lowest BCUT2D eigenvalue weighted by molar-refractivity contribution is 0.174. The Morgan fingerprint density at radius 1 is 1.36 bits per heavy atom. The second-order valence-electron chi connectivity index (χ2n) is 4.48. The molecule has 0 saturated heterocycles. The second-order valence-corrected chi connectivity index (χ2v) is 4.48. The monoisotopic (exact) mass is 301 g/mol. The van der Waals surface area contributed by atoms with Gasteiger partial charge >= 0.3 is 0 Å². The molecule has 1 aliphatic heterocycles. The summed E-state index contributed by atoms with van der Waals surface area (Å²) in [6, 6.07) is 5.75. The first-order valence-corrected chi connectivity index (χ1v) is 6.57. The number of nitrogen functional groups attached to an aromatic ring is 1. The van der Waals surface area contributed by atoms with Crippen LogP contribution in [0.1, 0.15) is 11.1 Å². The smallest absolute Gasteiger partial charge is 0.231 e. The fourth-order valence-electron chi connectivity index (χ4n) is 2.02. The van der Waals surface area contributed by atoms with Gasteiger partial charge in [0.05, 0.1) is 11.8 Å². The molecule has 0 fully saturated rings. The van der Waals surface area contributed by atoms with Crippen molar-refractivity contribution in [2.45, 2.75) is 6.54 Å². The third kappa shape index (κ3) is 2.85. The largest absolute Gasteiger partial charge is 0.454 e. The molecule has 8 nitrogen and oxygen atoms in total. The number of nitrogens with zero attached hydrogens (tertiary/aromatic N) is 3. The van der Waals surface area contributed by atoms with Crippen LogP contribution in [0.4, 0.5) is 11.6 Å². The summed E-state index contributed by atoms with van der Waals surface area (Å²) in [4.78, 5) is 12.8. The molecule has 2 heterocycles. The van der Waals surface area contributed by atoms with Crippen molar-refractivity contribution in [3.05, 3.63) is 35.7 Å². The molecule has 0 aliphatic carbocycles. The van der Waals surface area contributed by atoms with Gasteiger partial charge in [-0.05, 0) is 17.7 Å². The molecular weight excluding hydrogens is 286 g/mol. The molecule has 0 unspecified atom stereocenters. The summed E-state index contributed by atoms with van der Waals surface area (Å²) >= 11 is 0. The maximum Gasteiger partial charge on any atom is 0.231 e. The zero-order valence-electron chi connectivity index (χ0n) is 11.9. The third-order valence-electron chi connectivity index (χ3n) is 3.10. The molecule has 0 saturated carbocycles. The van der Waals surface area contributed by atoms with Crippen LogP contribution in [0.15, 0.2) is 29.7 Å². The van der Waals surface area contributed by atoms with E-state index in [-0.39, 0.29) is 6.79 Å². The van der Waals surface area contributed by atoms with Crippen LogP contribution in [0, 0.1) is 0 Å². The Hall–Kier alpha value is -3.03. The first-order chi connectivity index (χ1) is 10.8. The van der Waals surface area contributed by atoms with Crippen molar-refractivity contribution in [3.8, 4) is 11.5 Å². The first kappa shape index (κ1) is 13.9. The van der Waals surface area contributed by atoms with Crippen molar-refractivity contribution in [1.29, 1.82) is 0 Å². The van der Waals surface area contributed by atoms with Gasteiger partial charge in [0.2, 0.25) is 6.79 Å². The van der Waals surface area contributed by atoms with Crippen LogP contribution in [0.2, 0.25) is 0 Å². The van der Waals surface area contributed by atoms with E-state index in [1.54, 1.807) is 0 Å². The van der Waals surface area contributed by atoms with Crippen molar-refractivity contribution < 1.29 is 14.3 Å². The van der Waals surface area contributed by atoms with Crippen LogP contribution in [-0.2, 0) is 11.4 Å². The van der Waals surface area contributed by atoms with E-state index >= 15 is 0 Å². The normalized spacial score (nSPS) is 12.6. The Kier molecular flexibility index (Phi) is 3.90. The zero-order valence-corrected chi connectivity index (χ0v) is 11.9. The Morgan fingerprint density at radius 2 is 2.23 bits per heavy atom. The van der Waals surface area contributed by atoms with Gasteiger partial charge in [0.15, 0.2) is 11.5 Å². The zero-order chi connectivity index (χ0) is 15.4. The summed E-state index contributed by atoms with van der Waals surface area (Å²) in [5.74, 6) is 2.39. The molecule has 2 aromatic rings. The minimum absolute atomic E-state index is 0.256. The van der Waals surface area contributed by atoms with Gasteiger partial charge in [-0.2, -0.15) is 0 Å². The number of hydrogen-bond donors (Lipinski definition) is 2. The van der Waals surface area contributed by atoms with Gasteiger partial charge in [-0.1, -0.05) is 11.2 Å². The third-order valence-corrected chi connectivity index (χ3v) is 3.10. The van der Waals surface area contributed by atoms with E-state index < -0.39 is 0 Å². The number of oxime groups is 1. The van der Waals surface area contributed by atoms with Gasteiger partial charge in [0, 0.05) is 6.54 Å². The maximum atomic E-state index is 5.83. The van der Waals surface area contributed by atoms with Gasteiger partial charge in [-0.15, -0.1) is 0 Å². The SMILES string of the molecule is CO/N=C/c1c(N)ncnc1NCc1ccc2c(c1)OCO2. The molecule has 8 heteroatoms. The van der Waals surface area contributed by atoms with Crippen LogP contribution in [-0.4, -0.2) is 30.1 Å². The van der Waals surface area contributed by atoms with E-state index in [9.17, 15) is 0 Å². The molecule has 0 amide bonds. The van der Waals surface area contributed by atoms with E-state index in [0.29, 0.717) is 23.7 Å². The first-order valence-electron chi connectivity index (χ1n) is 6.57. The predicted octanol–water partition coefficient (Wildman–Crippen LogP) is 1.38. The fraction of sp³-hybridized carbons (Fsp3) is 0.214. The minimum atomic E-state index is 0.256. The maximum absolute atomic E-state index is 5.83. The lowest BCUT2D eigenvalue weighted by Crippen LogP contribution is -2.08. The highest BCUT2D eigenvalue weighted by atomic mass is 16.7. The van der Waals surface area contributed by atoms with Crippen LogP contribution >= 0.6 is 0 Å². The molecule has 0 spiro atoms. The molecule has 1 aromatic carbocycles. The molecule has 1 aliphatic rings. The number of nitrogens with one attached hydrogen (secondary N) is 1. The van der Waals surface area contributed by atoms with Gasteiger partial charge in [-0.3, -0.25) is 0 Å². The van der Waals surface area contributed by atoms with Crippen molar-refractivity contribution in [2.75, 3.05) is 25.0 Å². The van der Waals surface area contributed by atoms with Crippen molar-refractivity contribution >= 4 is 17.9 Å². The molecule has 0 atom stereocenters. The summed E-state index contributed by atoms with van der Waals surface area (Å²) in [6.07, 6.45) is 2.86. The van der Waals surface area contributed by atoms with Crippen molar-refractivity contribution in [2.24, 2.45) is 5.16 Å². The summed E-state index contributed by atoms with van der Waals surface area (Å²) < 4.78 is 10.6. The topological polar surface area (TPSA) is 104 Å². The number of rotatable bonds is 5. The Bertz CT molecular complexity index is 705. The number of anilines is 2. The van der Waals surface area contributed by atoms with Gasteiger partial charge in [0.25, 0.3) is 0 Å². The van der Waals surface area contributed by atoms with E-state index in [1.165, 1.54) is 19.7 Å². The lowest BCUT2D eigenvalue weighted by Gasteiger charge is -2.10. The summed E-state index contributed by atoms with van der Waals surface area (Å²) in [5.41, 5.74) is 7.43. The number of ether oxygens (including phenoxy) is 2. The average Bonchev–Trinajstić information content (AvgIpc) is 2.99.